The van der Waals surface area contributed by atoms with Gasteiger partial charge >= 0.3 is 0 Å². The predicted molar refractivity (Wildman–Crippen MR) is 281 cm³/mol. The Hall–Kier alpha value is -2.48. The van der Waals surface area contributed by atoms with Gasteiger partial charge in [-0.15, -0.1) is 46.4 Å². The number of methoxy groups -OCH3 is 1. The van der Waals surface area contributed by atoms with Gasteiger partial charge in [-0.1, -0.05) is 27.0 Å². The van der Waals surface area contributed by atoms with Crippen molar-refractivity contribution in [3.8, 4) is 0 Å². The molecule has 1 aliphatic carbocycles. The van der Waals surface area contributed by atoms with E-state index in [0.29, 0.717) is 79.4 Å². The molecule has 17 heteroatoms. The van der Waals surface area contributed by atoms with Crippen molar-refractivity contribution < 1.29 is 78.8 Å². The van der Waals surface area contributed by atoms with Crippen LogP contribution in [-0.4, -0.2) is 88.1 Å². The number of hydrogen-bond acceptors (Lipinski definition) is 12. The fourth-order valence-electron chi connectivity index (χ4n) is 4.75. The second kappa shape index (κ2) is 60.6. The number of aliphatic hydroxyl groups excluding tert-OH is 4. The minimum absolute atomic E-state index is 0. The fraction of sp³-hybridized carbons (Fsp3) is 0.627. The fourth-order valence-corrected chi connectivity index (χ4v) is 5.46. The van der Waals surface area contributed by atoms with Crippen LogP contribution in [0.15, 0.2) is 69.6 Å². The molecular weight excluding hydrogens is 1050 g/mol. The molecule has 0 bridgehead atoms. The van der Waals surface area contributed by atoms with E-state index in [4.69, 9.17) is 85.1 Å². The number of aryl methyl sites for hydroxylation is 1. The maximum absolute atomic E-state index is 10.5. The zero-order chi connectivity index (χ0) is 50.1. The van der Waals surface area contributed by atoms with E-state index in [0.717, 1.165) is 101 Å². The summed E-state index contributed by atoms with van der Waals surface area (Å²) in [6.07, 6.45) is 18.7. The van der Waals surface area contributed by atoms with Crippen LogP contribution >= 0.6 is 46.4 Å². The number of allylic oxidation sites excluding steroid dienone is 3. The van der Waals surface area contributed by atoms with Gasteiger partial charge in [-0.2, -0.15) is 0 Å². The molecule has 3 heterocycles. The number of carbonyl (C=O) groups is 4. The van der Waals surface area contributed by atoms with Crippen molar-refractivity contribution in [1.29, 1.82) is 0 Å². The zero-order valence-electron chi connectivity index (χ0n) is 41.0. The van der Waals surface area contributed by atoms with Crippen molar-refractivity contribution in [2.24, 2.45) is 0 Å². The third-order valence-corrected chi connectivity index (χ3v) is 9.26. The second-order valence-electron chi connectivity index (χ2n) is 14.7. The second-order valence-corrected chi connectivity index (χ2v) is 16.1. The molecule has 1 fully saturated rings. The van der Waals surface area contributed by atoms with Crippen molar-refractivity contribution in [3.63, 3.8) is 0 Å². The van der Waals surface area contributed by atoms with Gasteiger partial charge in [-0.3, -0.25) is 9.59 Å². The Morgan fingerprint density at radius 2 is 1.24 bits per heavy atom. The first kappa shape index (κ1) is 79.6. The maximum Gasteiger partial charge on any atom is 0.185 e. The minimum atomic E-state index is 0. The molecule has 0 saturated heterocycles. The van der Waals surface area contributed by atoms with Crippen molar-refractivity contribution in [2.75, 3.05) is 38.0 Å². The van der Waals surface area contributed by atoms with E-state index in [1.165, 1.54) is 6.42 Å². The van der Waals surface area contributed by atoms with E-state index < -0.39 is 0 Å². The molecule has 1 unspecified atom stereocenters. The number of ketones is 3. The van der Waals surface area contributed by atoms with Crippen molar-refractivity contribution >= 4 is 70.0 Å². The molecule has 1 saturated carbocycles. The van der Waals surface area contributed by atoms with Gasteiger partial charge in [0.05, 0.1) is 29.8 Å². The van der Waals surface area contributed by atoms with E-state index in [2.05, 4.69) is 13.2 Å². The summed E-state index contributed by atoms with van der Waals surface area (Å²) in [6.45, 7) is 14.6. The van der Waals surface area contributed by atoms with Crippen LogP contribution in [0.1, 0.15) is 173 Å². The van der Waals surface area contributed by atoms with Crippen LogP contribution < -0.4 is 0 Å². The summed E-state index contributed by atoms with van der Waals surface area (Å²) in [6, 6.07) is 7.11. The van der Waals surface area contributed by atoms with Crippen LogP contribution in [0.2, 0.25) is 0 Å². The van der Waals surface area contributed by atoms with E-state index in [1.54, 1.807) is 33.1 Å². The average molecular weight is 1140 g/mol. The first-order chi connectivity index (χ1) is 31.0. The van der Waals surface area contributed by atoms with Gasteiger partial charge < -0.3 is 55.7 Å². The molecule has 0 spiro atoms. The molecule has 1 aliphatic heterocycles. The number of alkyl halides is 4. The quantitative estimate of drug-likeness (QED) is 0.0231. The summed E-state index contributed by atoms with van der Waals surface area (Å²) in [7, 11) is 1.65. The molecule has 2 aromatic heterocycles. The number of ether oxygens (including phenoxy) is 2. The van der Waals surface area contributed by atoms with Crippen molar-refractivity contribution in [2.45, 2.75) is 169 Å². The molecule has 4 rings (SSSR count). The number of carbonyl (C=O) groups excluding carboxylic acids is 4. The van der Waals surface area contributed by atoms with Crippen molar-refractivity contribution in [1.82, 2.24) is 0 Å². The van der Waals surface area contributed by atoms with Crippen LogP contribution in [0.25, 0.3) is 0 Å². The largest absolute Gasteiger partial charge is 0.513 e. The number of halogens is 4. The number of furan rings is 2. The Bertz CT molecular complexity index is 1420. The molecule has 1 atom stereocenters. The molecule has 1 radical (unpaired) electrons. The monoisotopic (exact) mass is 1140 g/mol. The summed E-state index contributed by atoms with van der Waals surface area (Å²) < 4.78 is 20.0. The van der Waals surface area contributed by atoms with Crippen LogP contribution in [0.3, 0.4) is 0 Å². The minimum Gasteiger partial charge on any atom is -0.513 e. The molecule has 12 nitrogen and oxygen atoms in total. The smallest absolute Gasteiger partial charge is 0.185 e. The van der Waals surface area contributed by atoms with Gasteiger partial charge in [-0.05, 0) is 122 Å². The zero-order valence-corrected chi connectivity index (χ0v) is 45.7. The van der Waals surface area contributed by atoms with Crippen LogP contribution in [0.4, 0.5) is 0 Å². The summed E-state index contributed by atoms with van der Waals surface area (Å²) >= 11 is 21.5. The molecule has 2 aliphatic rings. The molecule has 0 amide bonds. The van der Waals surface area contributed by atoms with Crippen LogP contribution in [0.5, 0.6) is 0 Å². The van der Waals surface area contributed by atoms with E-state index in [1.807, 2.05) is 32.1 Å². The number of hydrogen-bond donors (Lipinski definition) is 4. The predicted octanol–water partition coefficient (Wildman–Crippen LogP) is 14.7. The molecule has 403 valence electrons. The summed E-state index contributed by atoms with van der Waals surface area (Å²) in [5, 5.41) is 33.9. The number of aldehydes is 1. The first-order valence-corrected chi connectivity index (χ1v) is 24.2. The number of unbranched alkanes of at least 4 members (excludes halogenated alkanes) is 4. The van der Waals surface area contributed by atoms with E-state index in [9.17, 15) is 19.2 Å². The Labute approximate surface area is 444 Å². The normalized spacial score (nSPS) is 12.4. The first-order valence-electron chi connectivity index (χ1n) is 22.1. The Kier molecular flexibility index (Phi) is 71.0. The molecule has 2 aromatic rings. The Balaban J connectivity index is -0.000000102. The van der Waals surface area contributed by atoms with E-state index >= 15 is 0 Å². The maximum atomic E-state index is 10.5. The van der Waals surface area contributed by atoms with Gasteiger partial charge in [0, 0.05) is 97.2 Å². The topological polar surface area (TPSA) is 194 Å². The standard InChI is InChI=1S/C7H10O2.C6H5ClO2.3C6H11ClO.C6H10O2.C6H12O2.C6H10O.CH4.CH3.Rh.H2/c1-6-3-4-7(9-6)5-8-2;7-3-5-1-2-6(4-8)9-5;3*1-6(8)4-2-3-5-7;1-5-2-3-6(4-7)8-5;1-6(8)4-2-3-5-7;7-6-4-2-1-3-5-6;;;;/h3-4H,5H2,1-2H3;1-2,4H,3H2;2-5H2,1H3;2*8H,1-5H2;2,6-7H,3-4H2,1H3;7H,2-5H2,1H3;1-5H2;1H4;1H3;;1H/q;;;;;;;;;-1;;. The SMILES string of the molecule is C.C=C(O)CCCCCl.C=C(O)CCCCCl.CC(=O)CCCCCl.CC(=O)CCCCO.CC1=CCC(CO)O1.COCc1ccc(C)o1.O=C1CCCCC1.O=Cc1ccc(CCl)o1.[CH3-].[HH].[Rh]. The van der Waals surface area contributed by atoms with Crippen LogP contribution in [0, 0.1) is 14.4 Å². The van der Waals surface area contributed by atoms with Gasteiger partial charge in [0.2, 0.25) is 0 Å². The Morgan fingerprint density at radius 3 is 1.50 bits per heavy atom. The number of rotatable bonds is 21. The molecule has 68 heavy (non-hydrogen) atoms. The van der Waals surface area contributed by atoms with Gasteiger partial charge in [0.15, 0.2) is 12.0 Å². The van der Waals surface area contributed by atoms with Crippen LogP contribution in [-0.2, 0) is 55.8 Å². The molecule has 0 aromatic carbocycles. The molecule has 4 N–H and O–H groups in total. The number of Topliss-reactive ketones (excluding diaryl/α,β-unsaturated/α-hetero) is 3. The summed E-state index contributed by atoms with van der Waals surface area (Å²) in [5.41, 5.74) is 0. The van der Waals surface area contributed by atoms with Gasteiger partial charge in [-0.25, -0.2) is 0 Å². The van der Waals surface area contributed by atoms with Gasteiger partial charge in [0.1, 0.15) is 47.3 Å². The summed E-state index contributed by atoms with van der Waals surface area (Å²) in [5.74, 6) is 7.48. The number of aliphatic hydroxyl groups is 4. The van der Waals surface area contributed by atoms with Crippen molar-refractivity contribution in [3.05, 3.63) is 91.2 Å². The van der Waals surface area contributed by atoms with E-state index in [-0.39, 0.29) is 78.2 Å². The third kappa shape index (κ3) is 65.6. The summed E-state index contributed by atoms with van der Waals surface area (Å²) in [4.78, 5) is 41.0. The molecular formula is C51H89Cl4O12Rh-. The Morgan fingerprint density at radius 1 is 0.765 bits per heavy atom. The third-order valence-electron chi connectivity index (χ3n) is 8.20. The van der Waals surface area contributed by atoms with Gasteiger partial charge in [0.25, 0.3) is 0 Å². The average Bonchev–Trinajstić information content (AvgIpc) is 4.04.